The third kappa shape index (κ3) is 3.01. The molecule has 0 aliphatic carbocycles. The quantitative estimate of drug-likeness (QED) is 0.743. The van der Waals surface area contributed by atoms with Gasteiger partial charge in [0.25, 0.3) is 0 Å². The standard InChI is InChI=1S/C13H15N3O3S/c1-19-13-5-3-2-4-12(13)16-11-7-6-9(8-10(11)14)20(15,17)18/h2-8,16H,14H2,1H3,(H2,15,17,18). The number of nitrogen functional groups attached to an aromatic ring is 1. The van der Waals surface area contributed by atoms with E-state index in [4.69, 9.17) is 15.6 Å². The average molecular weight is 293 g/mol. The van der Waals surface area contributed by atoms with Gasteiger partial charge in [-0.3, -0.25) is 0 Å². The van der Waals surface area contributed by atoms with E-state index in [9.17, 15) is 8.42 Å². The summed E-state index contributed by atoms with van der Waals surface area (Å²) in [6, 6.07) is 11.6. The van der Waals surface area contributed by atoms with Crippen molar-refractivity contribution >= 4 is 27.1 Å². The molecule has 6 nitrogen and oxygen atoms in total. The zero-order chi connectivity index (χ0) is 14.8. The van der Waals surface area contributed by atoms with Gasteiger partial charge in [-0.25, -0.2) is 13.6 Å². The number of primary sulfonamides is 1. The molecular formula is C13H15N3O3S. The van der Waals surface area contributed by atoms with Gasteiger partial charge in [0.15, 0.2) is 0 Å². The van der Waals surface area contributed by atoms with E-state index in [1.807, 2.05) is 18.2 Å². The zero-order valence-electron chi connectivity index (χ0n) is 10.8. The molecule has 0 aliphatic rings. The molecular weight excluding hydrogens is 278 g/mol. The zero-order valence-corrected chi connectivity index (χ0v) is 11.6. The molecule has 2 rings (SSSR count). The molecule has 0 aliphatic heterocycles. The lowest BCUT2D eigenvalue weighted by atomic mass is 10.2. The summed E-state index contributed by atoms with van der Waals surface area (Å²) in [5.74, 6) is 0.655. The number of ether oxygens (including phenoxy) is 1. The monoisotopic (exact) mass is 293 g/mol. The highest BCUT2D eigenvalue weighted by Crippen LogP contribution is 2.30. The number of benzene rings is 2. The van der Waals surface area contributed by atoms with E-state index >= 15 is 0 Å². The van der Waals surface area contributed by atoms with Crippen LogP contribution in [-0.2, 0) is 10.0 Å². The first-order chi connectivity index (χ1) is 9.41. The van der Waals surface area contributed by atoms with Crippen molar-refractivity contribution in [2.75, 3.05) is 18.2 Å². The van der Waals surface area contributed by atoms with Gasteiger partial charge in [-0.2, -0.15) is 0 Å². The molecule has 2 aromatic rings. The van der Waals surface area contributed by atoms with Crippen LogP contribution in [0.1, 0.15) is 0 Å². The summed E-state index contributed by atoms with van der Waals surface area (Å²) in [5, 5.41) is 8.13. The number of nitrogens with two attached hydrogens (primary N) is 2. The lowest BCUT2D eigenvalue weighted by Crippen LogP contribution is -2.12. The first-order valence-electron chi connectivity index (χ1n) is 5.74. The molecule has 0 heterocycles. The molecule has 0 aromatic heterocycles. The molecule has 20 heavy (non-hydrogen) atoms. The number of hydrogen-bond acceptors (Lipinski definition) is 5. The number of sulfonamides is 1. The summed E-state index contributed by atoms with van der Waals surface area (Å²) in [4.78, 5) is -0.0272. The van der Waals surface area contributed by atoms with Gasteiger partial charge >= 0.3 is 0 Å². The number of nitrogens with one attached hydrogen (secondary N) is 1. The van der Waals surface area contributed by atoms with Crippen LogP contribution in [0.5, 0.6) is 5.75 Å². The van der Waals surface area contributed by atoms with Gasteiger partial charge in [-0.05, 0) is 30.3 Å². The van der Waals surface area contributed by atoms with Crippen LogP contribution >= 0.6 is 0 Å². The van der Waals surface area contributed by atoms with Crippen molar-refractivity contribution in [3.8, 4) is 5.75 Å². The van der Waals surface area contributed by atoms with Gasteiger partial charge in [0.1, 0.15) is 5.75 Å². The summed E-state index contributed by atoms with van der Waals surface area (Å²) in [6.45, 7) is 0. The van der Waals surface area contributed by atoms with Crippen LogP contribution in [0.2, 0.25) is 0 Å². The molecule has 7 heteroatoms. The second kappa shape index (κ2) is 5.40. The van der Waals surface area contributed by atoms with E-state index in [0.717, 1.165) is 5.69 Å². The van der Waals surface area contributed by atoms with E-state index < -0.39 is 10.0 Å². The highest BCUT2D eigenvalue weighted by atomic mass is 32.2. The van der Waals surface area contributed by atoms with E-state index in [-0.39, 0.29) is 10.6 Å². The Morgan fingerprint density at radius 1 is 1.10 bits per heavy atom. The van der Waals surface area contributed by atoms with Crippen LogP contribution in [0.15, 0.2) is 47.4 Å². The largest absolute Gasteiger partial charge is 0.495 e. The van der Waals surface area contributed by atoms with Crippen molar-refractivity contribution in [2.24, 2.45) is 5.14 Å². The molecule has 106 valence electrons. The summed E-state index contributed by atoms with van der Waals surface area (Å²) in [6.07, 6.45) is 0. The highest BCUT2D eigenvalue weighted by molar-refractivity contribution is 7.89. The Bertz CT molecular complexity index is 729. The SMILES string of the molecule is COc1ccccc1Nc1ccc(S(N)(=O)=O)cc1N. The Kier molecular flexibility index (Phi) is 3.82. The molecule has 0 radical (unpaired) electrons. The fourth-order valence-electron chi connectivity index (χ4n) is 1.72. The maximum Gasteiger partial charge on any atom is 0.238 e. The number of para-hydroxylation sites is 2. The molecule has 0 saturated carbocycles. The third-order valence-electron chi connectivity index (χ3n) is 2.73. The normalized spacial score (nSPS) is 11.1. The van der Waals surface area contributed by atoms with Crippen molar-refractivity contribution in [2.45, 2.75) is 4.90 Å². The third-order valence-corrected chi connectivity index (χ3v) is 3.64. The minimum Gasteiger partial charge on any atom is -0.495 e. The van der Waals surface area contributed by atoms with E-state index in [1.54, 1.807) is 19.2 Å². The molecule has 0 unspecified atom stereocenters. The van der Waals surface area contributed by atoms with E-state index in [0.29, 0.717) is 11.4 Å². The first-order valence-corrected chi connectivity index (χ1v) is 7.29. The Morgan fingerprint density at radius 2 is 1.80 bits per heavy atom. The second-order valence-electron chi connectivity index (χ2n) is 4.12. The smallest absolute Gasteiger partial charge is 0.238 e. The summed E-state index contributed by atoms with van der Waals surface area (Å²) in [5.41, 5.74) is 7.41. The number of rotatable bonds is 4. The minimum absolute atomic E-state index is 0.0272. The summed E-state index contributed by atoms with van der Waals surface area (Å²) < 4.78 is 27.7. The van der Waals surface area contributed by atoms with Crippen LogP contribution < -0.4 is 20.9 Å². The van der Waals surface area contributed by atoms with Crippen molar-refractivity contribution < 1.29 is 13.2 Å². The van der Waals surface area contributed by atoms with Gasteiger partial charge < -0.3 is 15.8 Å². The molecule has 2 aromatic carbocycles. The maximum absolute atomic E-state index is 11.2. The topological polar surface area (TPSA) is 107 Å². The van der Waals surface area contributed by atoms with Crippen LogP contribution in [0, 0.1) is 0 Å². The first kappa shape index (κ1) is 14.2. The lowest BCUT2D eigenvalue weighted by Gasteiger charge is -2.13. The lowest BCUT2D eigenvalue weighted by molar-refractivity contribution is 0.417. The van der Waals surface area contributed by atoms with Crippen LogP contribution in [-0.4, -0.2) is 15.5 Å². The van der Waals surface area contributed by atoms with Crippen molar-refractivity contribution in [1.29, 1.82) is 0 Å². The van der Waals surface area contributed by atoms with Crippen molar-refractivity contribution in [3.05, 3.63) is 42.5 Å². The molecule has 0 atom stereocenters. The van der Waals surface area contributed by atoms with Crippen LogP contribution in [0.3, 0.4) is 0 Å². The molecule has 0 fully saturated rings. The Morgan fingerprint density at radius 3 is 2.40 bits per heavy atom. The van der Waals surface area contributed by atoms with Gasteiger partial charge in [-0.1, -0.05) is 12.1 Å². The molecule has 0 amide bonds. The Labute approximate surface area is 117 Å². The fraction of sp³-hybridized carbons (Fsp3) is 0.0769. The molecule has 0 bridgehead atoms. The van der Waals surface area contributed by atoms with Gasteiger partial charge in [0, 0.05) is 0 Å². The highest BCUT2D eigenvalue weighted by Gasteiger charge is 2.11. The summed E-state index contributed by atoms with van der Waals surface area (Å²) in [7, 11) is -2.20. The van der Waals surface area contributed by atoms with Gasteiger partial charge in [0.2, 0.25) is 10.0 Å². The summed E-state index contributed by atoms with van der Waals surface area (Å²) >= 11 is 0. The minimum atomic E-state index is -3.76. The maximum atomic E-state index is 11.2. The van der Waals surface area contributed by atoms with Gasteiger partial charge in [0.05, 0.1) is 29.1 Å². The van der Waals surface area contributed by atoms with Crippen molar-refractivity contribution in [1.82, 2.24) is 0 Å². The fourth-order valence-corrected chi connectivity index (χ4v) is 2.27. The van der Waals surface area contributed by atoms with E-state index in [1.165, 1.54) is 12.1 Å². The number of hydrogen-bond donors (Lipinski definition) is 3. The number of anilines is 3. The predicted molar refractivity (Wildman–Crippen MR) is 78.5 cm³/mol. The number of methoxy groups -OCH3 is 1. The Balaban J connectivity index is 2.35. The molecule has 0 saturated heterocycles. The predicted octanol–water partition coefficient (Wildman–Crippen LogP) is 1.67. The Hall–Kier alpha value is -2.25. The van der Waals surface area contributed by atoms with Crippen molar-refractivity contribution in [3.63, 3.8) is 0 Å². The average Bonchev–Trinajstić information content (AvgIpc) is 2.40. The van der Waals surface area contributed by atoms with Crippen LogP contribution in [0.25, 0.3) is 0 Å². The van der Waals surface area contributed by atoms with Gasteiger partial charge in [-0.15, -0.1) is 0 Å². The van der Waals surface area contributed by atoms with E-state index in [2.05, 4.69) is 5.32 Å². The molecule has 0 spiro atoms. The van der Waals surface area contributed by atoms with Crippen LogP contribution in [0.4, 0.5) is 17.1 Å². The molecule has 5 N–H and O–H groups in total. The second-order valence-corrected chi connectivity index (χ2v) is 5.68.